The second kappa shape index (κ2) is 5.26. The third kappa shape index (κ3) is 2.57. The van der Waals surface area contributed by atoms with E-state index in [0.717, 1.165) is 6.07 Å². The summed E-state index contributed by atoms with van der Waals surface area (Å²) in [6.07, 6.45) is 2.91. The molecule has 0 fully saturated rings. The highest BCUT2D eigenvalue weighted by Gasteiger charge is 2.10. The summed E-state index contributed by atoms with van der Waals surface area (Å²) in [5.41, 5.74) is 6.12. The van der Waals surface area contributed by atoms with Gasteiger partial charge in [0.05, 0.1) is 5.56 Å². The zero-order valence-corrected chi connectivity index (χ0v) is 9.84. The molecule has 1 aromatic carbocycles. The van der Waals surface area contributed by atoms with Crippen LogP contribution in [0.1, 0.15) is 5.56 Å². The Morgan fingerprint density at radius 2 is 2.16 bits per heavy atom. The van der Waals surface area contributed by atoms with Crippen molar-refractivity contribution in [3.05, 3.63) is 53.3 Å². The summed E-state index contributed by atoms with van der Waals surface area (Å²) in [5.74, 6) is -0.170. The molecule has 0 radical (unpaired) electrons. The summed E-state index contributed by atoms with van der Waals surface area (Å²) >= 11 is 0. The first-order valence-electron chi connectivity index (χ1n) is 5.33. The molecular formula is C13H10FN3O2. The van der Waals surface area contributed by atoms with Gasteiger partial charge in [-0.1, -0.05) is 12.7 Å². The van der Waals surface area contributed by atoms with Crippen molar-refractivity contribution in [3.63, 3.8) is 0 Å². The molecule has 0 aliphatic heterocycles. The minimum Gasteiger partial charge on any atom is -0.453 e. The number of ether oxygens (including phenoxy) is 1. The number of anilines is 1. The maximum Gasteiger partial charge on any atom is 0.167 e. The van der Waals surface area contributed by atoms with Crippen molar-refractivity contribution >= 4 is 17.6 Å². The number of nitrogen functional groups attached to an aromatic ring is 1. The van der Waals surface area contributed by atoms with Gasteiger partial charge in [0.15, 0.2) is 11.6 Å². The second-order valence-corrected chi connectivity index (χ2v) is 3.62. The van der Waals surface area contributed by atoms with E-state index < -0.39 is 5.82 Å². The van der Waals surface area contributed by atoms with Crippen LogP contribution in [0, 0.1) is 10.7 Å². The van der Waals surface area contributed by atoms with Gasteiger partial charge >= 0.3 is 0 Å². The number of benzene rings is 1. The summed E-state index contributed by atoms with van der Waals surface area (Å²) in [7, 11) is 0. The molecule has 1 heterocycles. The molecule has 2 aromatic rings. The molecule has 0 unspecified atom stereocenters. The van der Waals surface area contributed by atoms with Crippen LogP contribution >= 0.6 is 0 Å². The summed E-state index contributed by atoms with van der Waals surface area (Å²) in [5, 5.41) is 2.64. The molecule has 0 bridgehead atoms. The Labute approximate surface area is 108 Å². The van der Waals surface area contributed by atoms with E-state index >= 15 is 0 Å². The SMILES string of the molecule is C=Cc1c(Oc2ccc(N=O)cc2F)ccnc1N. The largest absolute Gasteiger partial charge is 0.453 e. The van der Waals surface area contributed by atoms with Crippen molar-refractivity contribution in [1.29, 1.82) is 0 Å². The lowest BCUT2D eigenvalue weighted by atomic mass is 10.2. The van der Waals surface area contributed by atoms with Crippen LogP contribution in [0.25, 0.3) is 6.08 Å². The molecule has 0 amide bonds. The topological polar surface area (TPSA) is 77.6 Å². The average Bonchev–Trinajstić information content (AvgIpc) is 2.41. The highest BCUT2D eigenvalue weighted by Crippen LogP contribution is 2.31. The van der Waals surface area contributed by atoms with Crippen LogP contribution in [0.5, 0.6) is 11.5 Å². The van der Waals surface area contributed by atoms with Crippen LogP contribution in [0.3, 0.4) is 0 Å². The predicted octanol–water partition coefficient (Wildman–Crippen LogP) is 3.64. The molecule has 0 atom stereocenters. The van der Waals surface area contributed by atoms with Gasteiger partial charge in [0, 0.05) is 12.3 Å². The zero-order valence-electron chi connectivity index (χ0n) is 9.84. The molecule has 0 saturated heterocycles. The van der Waals surface area contributed by atoms with Crippen LogP contribution in [0.15, 0.2) is 42.2 Å². The summed E-state index contributed by atoms with van der Waals surface area (Å²) in [6.45, 7) is 3.59. The van der Waals surface area contributed by atoms with Crippen molar-refractivity contribution in [2.24, 2.45) is 5.18 Å². The van der Waals surface area contributed by atoms with Gasteiger partial charge in [-0.3, -0.25) is 0 Å². The molecule has 5 nitrogen and oxygen atoms in total. The number of halogens is 1. The Hall–Kier alpha value is -2.76. The van der Waals surface area contributed by atoms with Crippen LogP contribution in [0.4, 0.5) is 15.9 Å². The van der Waals surface area contributed by atoms with Gasteiger partial charge in [-0.05, 0) is 23.4 Å². The Balaban J connectivity index is 2.39. The molecule has 96 valence electrons. The monoisotopic (exact) mass is 259 g/mol. The summed E-state index contributed by atoms with van der Waals surface area (Å²) in [4.78, 5) is 14.2. The highest BCUT2D eigenvalue weighted by atomic mass is 19.1. The van der Waals surface area contributed by atoms with Crippen molar-refractivity contribution < 1.29 is 9.13 Å². The van der Waals surface area contributed by atoms with Gasteiger partial charge in [0.25, 0.3) is 0 Å². The molecule has 0 saturated carbocycles. The van der Waals surface area contributed by atoms with Crippen LogP contribution < -0.4 is 10.5 Å². The van der Waals surface area contributed by atoms with Crippen molar-refractivity contribution in [1.82, 2.24) is 4.98 Å². The van der Waals surface area contributed by atoms with E-state index in [2.05, 4.69) is 16.7 Å². The van der Waals surface area contributed by atoms with E-state index in [4.69, 9.17) is 10.5 Å². The van der Waals surface area contributed by atoms with Crippen molar-refractivity contribution in [3.8, 4) is 11.5 Å². The maximum absolute atomic E-state index is 13.7. The number of pyridine rings is 1. The molecule has 2 N–H and O–H groups in total. The molecule has 19 heavy (non-hydrogen) atoms. The molecule has 2 rings (SSSR count). The fourth-order valence-electron chi connectivity index (χ4n) is 1.51. The van der Waals surface area contributed by atoms with Crippen LogP contribution in [-0.4, -0.2) is 4.98 Å². The minimum atomic E-state index is -0.692. The normalized spacial score (nSPS) is 9.95. The summed E-state index contributed by atoms with van der Waals surface area (Å²) in [6, 6.07) is 5.19. The molecule has 1 aromatic heterocycles. The third-order valence-electron chi connectivity index (χ3n) is 2.43. The van der Waals surface area contributed by atoms with Gasteiger partial charge < -0.3 is 10.5 Å². The molecule has 6 heteroatoms. The van der Waals surface area contributed by atoms with E-state index in [1.165, 1.54) is 24.4 Å². The Morgan fingerprint density at radius 3 is 2.79 bits per heavy atom. The quantitative estimate of drug-likeness (QED) is 0.850. The number of rotatable bonds is 4. The summed E-state index contributed by atoms with van der Waals surface area (Å²) < 4.78 is 19.1. The van der Waals surface area contributed by atoms with Gasteiger partial charge in [-0.2, -0.15) is 0 Å². The van der Waals surface area contributed by atoms with Gasteiger partial charge in [-0.25, -0.2) is 9.37 Å². The first kappa shape index (κ1) is 12.7. The van der Waals surface area contributed by atoms with Crippen LogP contribution in [-0.2, 0) is 0 Å². The molecule has 0 aliphatic rings. The smallest absolute Gasteiger partial charge is 0.167 e. The lowest BCUT2D eigenvalue weighted by Gasteiger charge is -2.10. The number of aromatic nitrogens is 1. The minimum absolute atomic E-state index is 0.0111. The standard InChI is InChI=1S/C13H10FN3O2/c1-2-9-11(5-6-16-13(9)15)19-12-4-3-8(17-18)7-10(12)14/h2-7H,1H2,(H2,15,16). The predicted molar refractivity (Wildman–Crippen MR) is 70.7 cm³/mol. The van der Waals surface area contributed by atoms with Gasteiger partial charge in [0.2, 0.25) is 0 Å². The Bertz CT molecular complexity index is 644. The number of nitroso groups, excluding NO2 is 1. The molecule has 0 aliphatic carbocycles. The number of hydrogen-bond acceptors (Lipinski definition) is 5. The Kier molecular flexibility index (Phi) is 3.51. The van der Waals surface area contributed by atoms with Gasteiger partial charge in [0.1, 0.15) is 17.3 Å². The highest BCUT2D eigenvalue weighted by molar-refractivity contribution is 5.66. The first-order valence-corrected chi connectivity index (χ1v) is 5.33. The average molecular weight is 259 g/mol. The number of nitrogens with two attached hydrogens (primary N) is 1. The fourth-order valence-corrected chi connectivity index (χ4v) is 1.51. The van der Waals surface area contributed by atoms with E-state index in [9.17, 15) is 9.30 Å². The number of nitrogens with zero attached hydrogens (tertiary/aromatic N) is 2. The third-order valence-corrected chi connectivity index (χ3v) is 2.43. The van der Waals surface area contributed by atoms with E-state index in [1.54, 1.807) is 6.07 Å². The molecular weight excluding hydrogens is 249 g/mol. The van der Waals surface area contributed by atoms with Crippen molar-refractivity contribution in [2.45, 2.75) is 0 Å². The zero-order chi connectivity index (χ0) is 13.8. The van der Waals surface area contributed by atoms with E-state index in [0.29, 0.717) is 11.3 Å². The van der Waals surface area contributed by atoms with Gasteiger partial charge in [-0.15, -0.1) is 4.91 Å². The lowest BCUT2D eigenvalue weighted by molar-refractivity contribution is 0.441. The van der Waals surface area contributed by atoms with Crippen LogP contribution in [0.2, 0.25) is 0 Å². The maximum atomic E-state index is 13.7. The molecule has 0 spiro atoms. The lowest BCUT2D eigenvalue weighted by Crippen LogP contribution is -1.97. The number of hydrogen-bond donors (Lipinski definition) is 1. The Morgan fingerprint density at radius 1 is 1.37 bits per heavy atom. The second-order valence-electron chi connectivity index (χ2n) is 3.62. The van der Waals surface area contributed by atoms with Crippen molar-refractivity contribution in [2.75, 3.05) is 5.73 Å². The first-order chi connectivity index (χ1) is 9.15. The van der Waals surface area contributed by atoms with E-state index in [1.807, 2.05) is 0 Å². The fraction of sp³-hybridized carbons (Fsp3) is 0. The van der Waals surface area contributed by atoms with E-state index in [-0.39, 0.29) is 17.3 Å².